The van der Waals surface area contributed by atoms with E-state index in [1.54, 1.807) is 18.7 Å². The van der Waals surface area contributed by atoms with Gasteiger partial charge < -0.3 is 25.2 Å². The van der Waals surface area contributed by atoms with Crippen LogP contribution in [0.3, 0.4) is 0 Å². The van der Waals surface area contributed by atoms with E-state index in [9.17, 15) is 45.9 Å². The molecule has 15 heteroatoms. The van der Waals surface area contributed by atoms with Crippen molar-refractivity contribution in [1.29, 1.82) is 0 Å². The lowest BCUT2D eigenvalue weighted by molar-refractivity contribution is -0.270. The second-order valence-corrected chi connectivity index (χ2v) is 11.5. The van der Waals surface area contributed by atoms with Gasteiger partial charge in [0.25, 0.3) is 11.8 Å². The Hall–Kier alpha value is -3.62. The van der Waals surface area contributed by atoms with Crippen molar-refractivity contribution in [2.75, 3.05) is 32.8 Å². The lowest BCUT2D eigenvalue weighted by atomic mass is 9.95. The largest absolute Gasteiger partial charge is 0.461 e. The second kappa shape index (κ2) is 14.0. The van der Waals surface area contributed by atoms with Crippen molar-refractivity contribution < 1.29 is 50.7 Å². The molecule has 10 nitrogen and oxygen atoms in total. The second-order valence-electron chi connectivity index (χ2n) is 11.5. The first-order chi connectivity index (χ1) is 20.5. The van der Waals surface area contributed by atoms with Crippen LogP contribution in [0, 0.1) is 11.8 Å². The number of ether oxygens (including phenoxy) is 1. The van der Waals surface area contributed by atoms with E-state index in [0.717, 1.165) is 4.90 Å². The third-order valence-electron chi connectivity index (χ3n) is 7.66. The Morgan fingerprint density at radius 1 is 0.818 bits per heavy atom. The molecule has 4 amide bonds. The van der Waals surface area contributed by atoms with Crippen molar-refractivity contribution >= 4 is 29.4 Å². The summed E-state index contributed by atoms with van der Waals surface area (Å²) >= 11 is 0. The zero-order valence-electron chi connectivity index (χ0n) is 24.9. The zero-order chi connectivity index (χ0) is 33.0. The van der Waals surface area contributed by atoms with Gasteiger partial charge in [-0.2, -0.15) is 22.0 Å². The van der Waals surface area contributed by atoms with Crippen LogP contribution in [0.4, 0.5) is 22.0 Å². The van der Waals surface area contributed by atoms with Crippen molar-refractivity contribution in [3.63, 3.8) is 0 Å². The van der Waals surface area contributed by atoms with Crippen molar-refractivity contribution in [3.05, 3.63) is 35.4 Å². The average molecular weight is 633 g/mol. The highest BCUT2D eigenvalue weighted by Gasteiger charge is 2.64. The topological polar surface area (TPSA) is 125 Å². The molecule has 2 N–H and O–H groups in total. The van der Waals surface area contributed by atoms with Crippen molar-refractivity contribution in [2.45, 2.75) is 70.8 Å². The Morgan fingerprint density at radius 2 is 1.36 bits per heavy atom. The summed E-state index contributed by atoms with van der Waals surface area (Å²) in [4.78, 5) is 67.4. The number of likely N-dealkylation sites (tertiary alicyclic amines) is 1. The van der Waals surface area contributed by atoms with E-state index < -0.39 is 65.6 Å². The van der Waals surface area contributed by atoms with E-state index in [4.69, 9.17) is 4.74 Å². The summed E-state index contributed by atoms with van der Waals surface area (Å²) in [5.41, 5.74) is 0.540. The molecule has 0 unspecified atom stereocenters. The molecule has 2 aliphatic heterocycles. The minimum Gasteiger partial charge on any atom is -0.378 e. The predicted molar refractivity (Wildman–Crippen MR) is 147 cm³/mol. The highest BCUT2D eigenvalue weighted by Crippen LogP contribution is 2.37. The molecular weight excluding hydrogens is 595 g/mol. The van der Waals surface area contributed by atoms with Gasteiger partial charge in [-0.3, -0.25) is 24.0 Å². The number of benzene rings is 1. The molecule has 1 aromatic rings. The van der Waals surface area contributed by atoms with Crippen LogP contribution in [-0.2, 0) is 19.1 Å². The van der Waals surface area contributed by atoms with E-state index in [1.165, 1.54) is 38.1 Å². The van der Waals surface area contributed by atoms with Crippen molar-refractivity contribution in [3.8, 4) is 0 Å². The number of carbonyl (C=O) groups is 5. The first-order valence-corrected chi connectivity index (χ1v) is 14.3. The SMILES string of the molecule is CC(C)[C@@H](NC(=O)c1ccc(C(=O)N2CCOCC2)cc1)C(=O)N1CCC[C@@H]1C(=O)N[C@@H](C(=O)C(F)(F)C(F)(F)F)C(C)C. The average Bonchev–Trinajstić information content (AvgIpc) is 3.47. The molecule has 2 aliphatic rings. The Labute approximate surface area is 251 Å². The zero-order valence-corrected chi connectivity index (χ0v) is 24.9. The molecule has 3 atom stereocenters. The molecule has 0 bridgehead atoms. The van der Waals surface area contributed by atoms with E-state index in [1.807, 2.05) is 5.32 Å². The summed E-state index contributed by atoms with van der Waals surface area (Å²) in [5.74, 6) is -12.3. The fourth-order valence-electron chi connectivity index (χ4n) is 5.05. The fraction of sp³-hybridized carbons (Fsp3) is 0.621. The number of halogens is 5. The molecule has 2 saturated heterocycles. The number of amides is 4. The molecule has 44 heavy (non-hydrogen) atoms. The van der Waals surface area contributed by atoms with E-state index >= 15 is 0 Å². The first kappa shape index (κ1) is 34.9. The minimum absolute atomic E-state index is 0.0629. The molecular formula is C29H37F5N4O6. The van der Waals surface area contributed by atoms with Crippen molar-refractivity contribution in [1.82, 2.24) is 20.4 Å². The third kappa shape index (κ3) is 7.71. The van der Waals surface area contributed by atoms with Crippen LogP contribution in [0.15, 0.2) is 24.3 Å². The predicted octanol–water partition coefficient (Wildman–Crippen LogP) is 2.81. The molecule has 3 rings (SSSR count). The van der Waals surface area contributed by atoms with Gasteiger partial charge in [0.05, 0.1) is 19.3 Å². The summed E-state index contributed by atoms with van der Waals surface area (Å²) in [7, 11) is 0. The number of Topliss-reactive ketones (excluding diaryl/α,β-unsaturated/α-hetero) is 1. The number of morpholine rings is 1. The highest BCUT2D eigenvalue weighted by atomic mass is 19.4. The minimum atomic E-state index is -6.14. The molecule has 0 aromatic heterocycles. The maximum absolute atomic E-state index is 13.8. The molecule has 0 aliphatic carbocycles. The molecule has 0 spiro atoms. The number of hydrogen-bond donors (Lipinski definition) is 2. The van der Waals surface area contributed by atoms with E-state index in [-0.39, 0.29) is 24.4 Å². The Balaban J connectivity index is 1.71. The van der Waals surface area contributed by atoms with Gasteiger partial charge >= 0.3 is 12.1 Å². The fourth-order valence-corrected chi connectivity index (χ4v) is 5.05. The van der Waals surface area contributed by atoms with Gasteiger partial charge in [-0.05, 0) is 48.9 Å². The standard InChI is InChI=1S/C29H37F5N4O6/c1-16(2)21(23(39)28(30,31)29(32,33)34)35-25(41)20-6-5-11-38(20)27(43)22(17(3)4)36-24(40)18-7-9-19(10-8-18)26(42)37-12-14-44-15-13-37/h7-10,16-17,20-22H,5-6,11-15H2,1-4H3,(H,35,41)(H,36,40)/t20-,21-,22-/m1/s1. The molecule has 2 fully saturated rings. The lowest BCUT2D eigenvalue weighted by Crippen LogP contribution is -2.60. The molecule has 0 radical (unpaired) electrons. The number of nitrogens with one attached hydrogen (secondary N) is 2. The molecule has 2 heterocycles. The Kier molecular flexibility index (Phi) is 11.1. The van der Waals surface area contributed by atoms with E-state index in [2.05, 4.69) is 5.32 Å². The van der Waals surface area contributed by atoms with Crippen molar-refractivity contribution in [2.24, 2.45) is 11.8 Å². The normalized spacial score (nSPS) is 19.1. The molecule has 0 saturated carbocycles. The number of alkyl halides is 5. The summed E-state index contributed by atoms with van der Waals surface area (Å²) in [6.45, 7) is 7.56. The Morgan fingerprint density at radius 3 is 1.89 bits per heavy atom. The quantitative estimate of drug-likeness (QED) is 0.383. The van der Waals surface area contributed by atoms with E-state index in [0.29, 0.717) is 38.3 Å². The van der Waals surface area contributed by atoms with Gasteiger partial charge in [-0.25, -0.2) is 0 Å². The smallest absolute Gasteiger partial charge is 0.378 e. The monoisotopic (exact) mass is 632 g/mol. The summed E-state index contributed by atoms with van der Waals surface area (Å²) in [5, 5.41) is 4.65. The number of hydrogen-bond acceptors (Lipinski definition) is 6. The Bertz CT molecular complexity index is 1230. The van der Waals surface area contributed by atoms with Gasteiger partial charge in [0.1, 0.15) is 12.1 Å². The lowest BCUT2D eigenvalue weighted by Gasteiger charge is -2.32. The summed E-state index contributed by atoms with van der Waals surface area (Å²) in [6.07, 6.45) is -5.75. The number of nitrogens with zero attached hydrogens (tertiary/aromatic N) is 2. The first-order valence-electron chi connectivity index (χ1n) is 14.3. The van der Waals surface area contributed by atoms with Crippen LogP contribution in [0.2, 0.25) is 0 Å². The molecule has 1 aromatic carbocycles. The number of rotatable bonds is 10. The van der Waals surface area contributed by atoms with Gasteiger partial charge in [0, 0.05) is 30.8 Å². The van der Waals surface area contributed by atoms with Crippen LogP contribution in [0.25, 0.3) is 0 Å². The van der Waals surface area contributed by atoms with Crippen LogP contribution >= 0.6 is 0 Å². The maximum Gasteiger partial charge on any atom is 0.461 e. The molecule has 244 valence electrons. The van der Waals surface area contributed by atoms with Gasteiger partial charge in [0.2, 0.25) is 17.6 Å². The third-order valence-corrected chi connectivity index (χ3v) is 7.66. The number of ketones is 1. The van der Waals surface area contributed by atoms with Crippen LogP contribution in [0.1, 0.15) is 61.3 Å². The maximum atomic E-state index is 13.8. The summed E-state index contributed by atoms with van der Waals surface area (Å²) < 4.78 is 71.4. The van der Waals surface area contributed by atoms with Gasteiger partial charge in [0.15, 0.2) is 0 Å². The number of carbonyl (C=O) groups excluding carboxylic acids is 5. The van der Waals surface area contributed by atoms with Crippen LogP contribution < -0.4 is 10.6 Å². The highest BCUT2D eigenvalue weighted by molar-refractivity contribution is 6.01. The van der Waals surface area contributed by atoms with Crippen LogP contribution in [-0.4, -0.2) is 102 Å². The van der Waals surface area contributed by atoms with Gasteiger partial charge in [-0.15, -0.1) is 0 Å². The summed E-state index contributed by atoms with van der Waals surface area (Å²) in [6, 6.07) is 1.34. The van der Waals surface area contributed by atoms with Gasteiger partial charge in [-0.1, -0.05) is 27.7 Å². The van der Waals surface area contributed by atoms with Crippen LogP contribution in [0.5, 0.6) is 0 Å².